The minimum absolute atomic E-state index is 0.288. The molecule has 0 saturated heterocycles. The van der Waals surface area contributed by atoms with Gasteiger partial charge in [0.15, 0.2) is 0 Å². The van der Waals surface area contributed by atoms with Gasteiger partial charge in [-0.05, 0) is 49.9 Å². The number of benzene rings is 1. The zero-order valence-electron chi connectivity index (χ0n) is 12.9. The number of fused-ring (bicyclic) bond motifs is 1. The smallest absolute Gasteiger partial charge is 0.0705 e. The van der Waals surface area contributed by atoms with E-state index >= 15 is 0 Å². The highest BCUT2D eigenvalue weighted by molar-refractivity contribution is 5.78. The SMILES string of the molecule is CCCNCCC(C)(C)Cc1ccc2ccccc2n1. The average Bonchev–Trinajstić information content (AvgIpc) is 2.43. The van der Waals surface area contributed by atoms with Crippen molar-refractivity contribution in [1.29, 1.82) is 0 Å². The number of hydrogen-bond donors (Lipinski definition) is 1. The van der Waals surface area contributed by atoms with E-state index < -0.39 is 0 Å². The van der Waals surface area contributed by atoms with Crippen LogP contribution in [-0.4, -0.2) is 18.1 Å². The predicted octanol–water partition coefficient (Wildman–Crippen LogP) is 4.19. The topological polar surface area (TPSA) is 24.9 Å². The quantitative estimate of drug-likeness (QED) is 0.763. The largest absolute Gasteiger partial charge is 0.317 e. The zero-order valence-corrected chi connectivity index (χ0v) is 12.9. The molecule has 0 fully saturated rings. The van der Waals surface area contributed by atoms with Crippen LogP contribution in [0.1, 0.15) is 39.3 Å². The molecule has 0 bridgehead atoms. The highest BCUT2D eigenvalue weighted by Crippen LogP contribution is 2.25. The van der Waals surface area contributed by atoms with E-state index in [1.807, 2.05) is 0 Å². The summed E-state index contributed by atoms with van der Waals surface area (Å²) in [5, 5.41) is 4.71. The van der Waals surface area contributed by atoms with E-state index in [1.54, 1.807) is 0 Å². The molecule has 1 aromatic heterocycles. The van der Waals surface area contributed by atoms with Gasteiger partial charge in [0.25, 0.3) is 0 Å². The van der Waals surface area contributed by atoms with Crippen molar-refractivity contribution in [3.63, 3.8) is 0 Å². The third-order valence-corrected chi connectivity index (χ3v) is 3.72. The third kappa shape index (κ3) is 4.31. The summed E-state index contributed by atoms with van der Waals surface area (Å²) < 4.78 is 0. The Kier molecular flexibility index (Phi) is 5.13. The number of pyridine rings is 1. The Morgan fingerprint density at radius 3 is 2.65 bits per heavy atom. The lowest BCUT2D eigenvalue weighted by Gasteiger charge is -2.24. The van der Waals surface area contributed by atoms with E-state index in [0.717, 1.165) is 25.0 Å². The summed E-state index contributed by atoms with van der Waals surface area (Å²) in [6.07, 6.45) is 3.42. The van der Waals surface area contributed by atoms with Crippen molar-refractivity contribution in [1.82, 2.24) is 10.3 Å². The first-order valence-electron chi connectivity index (χ1n) is 7.66. The minimum atomic E-state index is 0.288. The van der Waals surface area contributed by atoms with Crippen LogP contribution in [0.2, 0.25) is 0 Å². The van der Waals surface area contributed by atoms with Crippen molar-refractivity contribution in [2.24, 2.45) is 5.41 Å². The molecule has 0 aliphatic rings. The standard InChI is InChI=1S/C18H26N2/c1-4-12-19-13-11-18(2,3)14-16-10-9-15-7-5-6-8-17(15)20-16/h5-10,19H,4,11-14H2,1-3H3. The van der Waals surface area contributed by atoms with Gasteiger partial charge in [-0.3, -0.25) is 4.98 Å². The molecule has 108 valence electrons. The van der Waals surface area contributed by atoms with Gasteiger partial charge in [-0.15, -0.1) is 0 Å². The summed E-state index contributed by atoms with van der Waals surface area (Å²) in [5.74, 6) is 0. The molecule has 20 heavy (non-hydrogen) atoms. The Balaban J connectivity index is 1.99. The summed E-state index contributed by atoms with van der Waals surface area (Å²) in [7, 11) is 0. The number of nitrogens with one attached hydrogen (secondary N) is 1. The van der Waals surface area contributed by atoms with Gasteiger partial charge in [-0.2, -0.15) is 0 Å². The molecule has 1 aromatic carbocycles. The number of para-hydroxylation sites is 1. The molecule has 0 atom stereocenters. The second-order valence-electron chi connectivity index (χ2n) is 6.34. The summed E-state index contributed by atoms with van der Waals surface area (Å²) >= 11 is 0. The minimum Gasteiger partial charge on any atom is -0.317 e. The fourth-order valence-electron chi connectivity index (χ4n) is 2.51. The Hall–Kier alpha value is -1.41. The van der Waals surface area contributed by atoms with Crippen molar-refractivity contribution < 1.29 is 0 Å². The van der Waals surface area contributed by atoms with Crippen LogP contribution in [-0.2, 0) is 6.42 Å². The molecular formula is C18H26N2. The second-order valence-corrected chi connectivity index (χ2v) is 6.34. The van der Waals surface area contributed by atoms with Crippen LogP contribution in [0, 0.1) is 5.41 Å². The van der Waals surface area contributed by atoms with Gasteiger partial charge >= 0.3 is 0 Å². The van der Waals surface area contributed by atoms with Gasteiger partial charge in [0.1, 0.15) is 0 Å². The monoisotopic (exact) mass is 270 g/mol. The first kappa shape index (κ1) is 15.0. The molecular weight excluding hydrogens is 244 g/mol. The van der Waals surface area contributed by atoms with Crippen LogP contribution >= 0.6 is 0 Å². The lowest BCUT2D eigenvalue weighted by Crippen LogP contribution is -2.24. The molecule has 0 radical (unpaired) electrons. The molecule has 1 N–H and O–H groups in total. The van der Waals surface area contributed by atoms with Crippen molar-refractivity contribution in [2.75, 3.05) is 13.1 Å². The lowest BCUT2D eigenvalue weighted by atomic mass is 9.84. The summed E-state index contributed by atoms with van der Waals surface area (Å²) in [6, 6.07) is 12.7. The molecule has 2 heteroatoms. The van der Waals surface area contributed by atoms with Gasteiger partial charge in [-0.25, -0.2) is 0 Å². The van der Waals surface area contributed by atoms with Gasteiger partial charge in [0.05, 0.1) is 5.52 Å². The zero-order chi connectivity index (χ0) is 14.4. The predicted molar refractivity (Wildman–Crippen MR) is 87.0 cm³/mol. The highest BCUT2D eigenvalue weighted by atomic mass is 14.8. The molecule has 2 rings (SSSR count). The van der Waals surface area contributed by atoms with E-state index in [9.17, 15) is 0 Å². The van der Waals surface area contributed by atoms with Crippen LogP contribution in [0.25, 0.3) is 10.9 Å². The van der Waals surface area contributed by atoms with Gasteiger partial charge in [0.2, 0.25) is 0 Å². The van der Waals surface area contributed by atoms with E-state index in [4.69, 9.17) is 4.98 Å². The van der Waals surface area contributed by atoms with Crippen LogP contribution in [0.15, 0.2) is 36.4 Å². The fourth-order valence-corrected chi connectivity index (χ4v) is 2.51. The molecule has 0 saturated carbocycles. The highest BCUT2D eigenvalue weighted by Gasteiger charge is 2.18. The van der Waals surface area contributed by atoms with E-state index in [2.05, 4.69) is 62.5 Å². The van der Waals surface area contributed by atoms with Crippen LogP contribution in [0.3, 0.4) is 0 Å². The van der Waals surface area contributed by atoms with E-state index in [-0.39, 0.29) is 5.41 Å². The molecule has 0 amide bonds. The molecule has 2 nitrogen and oxygen atoms in total. The third-order valence-electron chi connectivity index (χ3n) is 3.72. The first-order chi connectivity index (χ1) is 9.61. The fraction of sp³-hybridized carbons (Fsp3) is 0.500. The summed E-state index contributed by atoms with van der Waals surface area (Å²) in [4.78, 5) is 4.78. The maximum absolute atomic E-state index is 4.78. The number of nitrogens with zero attached hydrogens (tertiary/aromatic N) is 1. The van der Waals surface area contributed by atoms with Crippen molar-refractivity contribution in [3.05, 3.63) is 42.1 Å². The Bertz CT molecular complexity index is 546. The van der Waals surface area contributed by atoms with Crippen molar-refractivity contribution in [3.8, 4) is 0 Å². The number of rotatable bonds is 7. The van der Waals surface area contributed by atoms with Crippen LogP contribution in [0.5, 0.6) is 0 Å². The Morgan fingerprint density at radius 1 is 1.05 bits per heavy atom. The van der Waals surface area contributed by atoms with Crippen molar-refractivity contribution >= 4 is 10.9 Å². The first-order valence-corrected chi connectivity index (χ1v) is 7.66. The van der Waals surface area contributed by atoms with Crippen LogP contribution < -0.4 is 5.32 Å². The molecule has 0 spiro atoms. The van der Waals surface area contributed by atoms with Crippen molar-refractivity contribution in [2.45, 2.75) is 40.0 Å². The Labute approximate surface area is 122 Å². The summed E-state index contributed by atoms with van der Waals surface area (Å²) in [6.45, 7) is 9.07. The molecule has 1 heterocycles. The average molecular weight is 270 g/mol. The molecule has 0 aliphatic carbocycles. The van der Waals surface area contributed by atoms with Crippen LogP contribution in [0.4, 0.5) is 0 Å². The molecule has 2 aromatic rings. The van der Waals surface area contributed by atoms with Gasteiger partial charge in [-0.1, -0.05) is 45.0 Å². The number of aromatic nitrogens is 1. The van der Waals surface area contributed by atoms with Gasteiger partial charge < -0.3 is 5.32 Å². The molecule has 0 unspecified atom stereocenters. The number of hydrogen-bond acceptors (Lipinski definition) is 2. The normalized spacial score (nSPS) is 11.9. The summed E-state index contributed by atoms with van der Waals surface area (Å²) in [5.41, 5.74) is 2.59. The van der Waals surface area contributed by atoms with E-state index in [1.165, 1.54) is 23.9 Å². The molecule has 0 aliphatic heterocycles. The maximum Gasteiger partial charge on any atom is 0.0705 e. The lowest BCUT2D eigenvalue weighted by molar-refractivity contribution is 0.323. The maximum atomic E-state index is 4.78. The van der Waals surface area contributed by atoms with Gasteiger partial charge in [0, 0.05) is 11.1 Å². The second kappa shape index (κ2) is 6.85. The Morgan fingerprint density at radius 2 is 1.85 bits per heavy atom. The van der Waals surface area contributed by atoms with E-state index in [0.29, 0.717) is 0 Å².